The van der Waals surface area contributed by atoms with Crippen molar-refractivity contribution < 1.29 is 23.4 Å². The Kier molecular flexibility index (Phi) is 4.42. The smallest absolute Gasteiger partial charge is 0.129 e. The normalized spacial score (nSPS) is 13.5. The fourth-order valence-electron chi connectivity index (χ4n) is 1.12. The summed E-state index contributed by atoms with van der Waals surface area (Å²) in [4.78, 5) is 0. The van der Waals surface area contributed by atoms with Crippen LogP contribution in [0, 0.1) is 11.6 Å². The molecule has 0 amide bonds. The molecule has 1 rings (SSSR count). The van der Waals surface area contributed by atoms with Crippen LogP contribution in [0.1, 0.15) is 13.8 Å². The summed E-state index contributed by atoms with van der Waals surface area (Å²) in [5.41, 5.74) is -0.786. The Bertz CT molecular complexity index is 360. The molecule has 0 heterocycles. The molecule has 0 aliphatic carbocycles. The van der Waals surface area contributed by atoms with Crippen LogP contribution in [0.5, 0.6) is 5.75 Å². The lowest BCUT2D eigenvalue weighted by atomic mass is 10.0. The van der Waals surface area contributed by atoms with Gasteiger partial charge in [0.05, 0.1) is 5.60 Å². The molecule has 0 aromatic heterocycles. The van der Waals surface area contributed by atoms with E-state index in [-0.39, 0.29) is 12.4 Å². The molecule has 0 saturated heterocycles. The highest BCUT2D eigenvalue weighted by molar-refractivity contribution is 5.23. The van der Waals surface area contributed by atoms with Crippen molar-refractivity contribution in [2.45, 2.75) is 25.6 Å². The molecule has 0 radical (unpaired) electrons. The molecule has 1 unspecified atom stereocenters. The molecule has 3 nitrogen and oxygen atoms in total. The molecule has 0 aliphatic heterocycles. The molecule has 0 saturated carbocycles. The number of methoxy groups -OCH3 is 1. The maximum atomic E-state index is 12.8. The van der Waals surface area contributed by atoms with Gasteiger partial charge in [0, 0.05) is 25.3 Å². The SMILES string of the molecule is COC(C)(C)C(O)COc1cc(F)cc(F)c1. The molecule has 1 atom stereocenters. The van der Waals surface area contributed by atoms with E-state index in [1.54, 1.807) is 13.8 Å². The number of hydrogen-bond donors (Lipinski definition) is 1. The molecule has 5 heteroatoms. The van der Waals surface area contributed by atoms with Crippen LogP contribution >= 0.6 is 0 Å². The van der Waals surface area contributed by atoms with Gasteiger partial charge in [0.15, 0.2) is 0 Å². The fourth-order valence-corrected chi connectivity index (χ4v) is 1.12. The molecule has 0 bridgehead atoms. The quantitative estimate of drug-likeness (QED) is 0.865. The first kappa shape index (κ1) is 13.9. The van der Waals surface area contributed by atoms with E-state index < -0.39 is 23.3 Å². The first-order valence-electron chi connectivity index (χ1n) is 5.17. The van der Waals surface area contributed by atoms with Gasteiger partial charge in [0.1, 0.15) is 30.1 Å². The maximum Gasteiger partial charge on any atom is 0.129 e. The first-order chi connectivity index (χ1) is 7.85. The van der Waals surface area contributed by atoms with Crippen LogP contribution in [-0.4, -0.2) is 30.5 Å². The number of benzene rings is 1. The molecular formula is C12H16F2O3. The van der Waals surface area contributed by atoms with Crippen molar-refractivity contribution in [1.29, 1.82) is 0 Å². The second kappa shape index (κ2) is 5.42. The zero-order chi connectivity index (χ0) is 13.1. The van der Waals surface area contributed by atoms with Crippen LogP contribution in [0.3, 0.4) is 0 Å². The van der Waals surface area contributed by atoms with Gasteiger partial charge in [-0.3, -0.25) is 0 Å². The third-order valence-corrected chi connectivity index (χ3v) is 2.57. The van der Waals surface area contributed by atoms with Crippen molar-refractivity contribution in [2.24, 2.45) is 0 Å². The van der Waals surface area contributed by atoms with Gasteiger partial charge < -0.3 is 14.6 Å². The van der Waals surface area contributed by atoms with Crippen molar-refractivity contribution in [3.05, 3.63) is 29.8 Å². The number of halogens is 2. The molecule has 0 spiro atoms. The van der Waals surface area contributed by atoms with Crippen molar-refractivity contribution in [3.8, 4) is 5.75 Å². The van der Waals surface area contributed by atoms with E-state index in [1.807, 2.05) is 0 Å². The van der Waals surface area contributed by atoms with Crippen LogP contribution < -0.4 is 4.74 Å². The Morgan fingerprint density at radius 2 is 1.76 bits per heavy atom. The average molecular weight is 246 g/mol. The van der Waals surface area contributed by atoms with E-state index in [0.717, 1.165) is 18.2 Å². The molecular weight excluding hydrogens is 230 g/mol. The number of aliphatic hydroxyl groups excluding tert-OH is 1. The highest BCUT2D eigenvalue weighted by Crippen LogP contribution is 2.18. The lowest BCUT2D eigenvalue weighted by Gasteiger charge is -2.28. The molecule has 96 valence electrons. The van der Waals surface area contributed by atoms with Crippen molar-refractivity contribution in [1.82, 2.24) is 0 Å². The number of aliphatic hydroxyl groups is 1. The third-order valence-electron chi connectivity index (χ3n) is 2.57. The van der Waals surface area contributed by atoms with Crippen LogP contribution in [0.15, 0.2) is 18.2 Å². The van der Waals surface area contributed by atoms with E-state index in [9.17, 15) is 13.9 Å². The Labute approximate surface area is 99.0 Å². The monoisotopic (exact) mass is 246 g/mol. The van der Waals surface area contributed by atoms with Gasteiger partial charge in [0.2, 0.25) is 0 Å². The van der Waals surface area contributed by atoms with E-state index >= 15 is 0 Å². The summed E-state index contributed by atoms with van der Waals surface area (Å²) in [6.45, 7) is 3.27. The van der Waals surface area contributed by atoms with Crippen LogP contribution in [0.4, 0.5) is 8.78 Å². The number of rotatable bonds is 5. The van der Waals surface area contributed by atoms with Crippen molar-refractivity contribution in [2.75, 3.05) is 13.7 Å². The third kappa shape index (κ3) is 3.94. The minimum atomic E-state index is -0.904. The Morgan fingerprint density at radius 3 is 2.24 bits per heavy atom. The van der Waals surface area contributed by atoms with Gasteiger partial charge in [-0.05, 0) is 13.8 Å². The average Bonchev–Trinajstić information content (AvgIpc) is 2.24. The summed E-state index contributed by atoms with van der Waals surface area (Å²) < 4.78 is 35.9. The highest BCUT2D eigenvalue weighted by Gasteiger charge is 2.27. The predicted molar refractivity (Wildman–Crippen MR) is 58.9 cm³/mol. The molecule has 1 aromatic carbocycles. The Morgan fingerprint density at radius 1 is 1.24 bits per heavy atom. The maximum absolute atomic E-state index is 12.8. The topological polar surface area (TPSA) is 38.7 Å². The van der Waals surface area contributed by atoms with E-state index in [4.69, 9.17) is 9.47 Å². The standard InChI is InChI=1S/C12H16F2O3/c1-12(2,16-3)11(15)7-17-10-5-8(13)4-9(14)6-10/h4-6,11,15H,7H2,1-3H3. The molecule has 0 aliphatic rings. The van der Waals surface area contributed by atoms with Gasteiger partial charge in [-0.1, -0.05) is 0 Å². The lowest BCUT2D eigenvalue weighted by molar-refractivity contribution is -0.0915. The minimum absolute atomic E-state index is 0.0356. The lowest BCUT2D eigenvalue weighted by Crippen LogP contribution is -2.42. The molecule has 1 N–H and O–H groups in total. The van der Waals surface area contributed by atoms with Gasteiger partial charge in [-0.25, -0.2) is 8.78 Å². The number of ether oxygens (including phenoxy) is 2. The zero-order valence-electron chi connectivity index (χ0n) is 10.0. The first-order valence-corrected chi connectivity index (χ1v) is 5.17. The van der Waals surface area contributed by atoms with Crippen LogP contribution in [0.25, 0.3) is 0 Å². The second-order valence-electron chi connectivity index (χ2n) is 4.24. The van der Waals surface area contributed by atoms with Crippen molar-refractivity contribution >= 4 is 0 Å². The highest BCUT2D eigenvalue weighted by atomic mass is 19.1. The van der Waals surface area contributed by atoms with Gasteiger partial charge in [-0.2, -0.15) is 0 Å². The van der Waals surface area contributed by atoms with Gasteiger partial charge in [-0.15, -0.1) is 0 Å². The summed E-state index contributed by atoms with van der Waals surface area (Å²) in [5.74, 6) is -1.41. The summed E-state index contributed by atoms with van der Waals surface area (Å²) in [6, 6.07) is 2.85. The fraction of sp³-hybridized carbons (Fsp3) is 0.500. The summed E-state index contributed by atoms with van der Waals surface area (Å²) in [7, 11) is 1.46. The minimum Gasteiger partial charge on any atom is -0.491 e. The summed E-state index contributed by atoms with van der Waals surface area (Å²) in [6.07, 6.45) is -0.904. The summed E-state index contributed by atoms with van der Waals surface area (Å²) >= 11 is 0. The largest absolute Gasteiger partial charge is 0.491 e. The summed E-state index contributed by atoms with van der Waals surface area (Å²) in [5, 5.41) is 9.74. The van der Waals surface area contributed by atoms with Crippen LogP contribution in [-0.2, 0) is 4.74 Å². The second-order valence-corrected chi connectivity index (χ2v) is 4.24. The number of hydrogen-bond acceptors (Lipinski definition) is 3. The van der Waals surface area contributed by atoms with E-state index in [2.05, 4.69) is 0 Å². The molecule has 1 aromatic rings. The van der Waals surface area contributed by atoms with Crippen molar-refractivity contribution in [3.63, 3.8) is 0 Å². The van der Waals surface area contributed by atoms with Crippen LogP contribution in [0.2, 0.25) is 0 Å². The van der Waals surface area contributed by atoms with E-state index in [0.29, 0.717) is 0 Å². The van der Waals surface area contributed by atoms with Gasteiger partial charge in [0.25, 0.3) is 0 Å². The Hall–Kier alpha value is -1.20. The van der Waals surface area contributed by atoms with E-state index in [1.165, 1.54) is 7.11 Å². The van der Waals surface area contributed by atoms with Gasteiger partial charge >= 0.3 is 0 Å². The Balaban J connectivity index is 2.61. The predicted octanol–water partition coefficient (Wildman–Crippen LogP) is 2.13. The molecule has 0 fully saturated rings. The molecule has 17 heavy (non-hydrogen) atoms. The zero-order valence-corrected chi connectivity index (χ0v) is 10.0.